The van der Waals surface area contributed by atoms with Crippen LogP contribution in [0.2, 0.25) is 0 Å². The number of thiazole rings is 1. The zero-order valence-corrected chi connectivity index (χ0v) is 17.2. The van der Waals surface area contributed by atoms with Crippen LogP contribution in [-0.2, 0) is 0 Å². The minimum Gasteiger partial charge on any atom is -0.298 e. The van der Waals surface area contributed by atoms with E-state index < -0.39 is 4.92 Å². The van der Waals surface area contributed by atoms with Crippen LogP contribution >= 0.6 is 11.3 Å². The molecule has 0 spiro atoms. The minimum atomic E-state index is -0.468. The highest BCUT2D eigenvalue weighted by molar-refractivity contribution is 7.19. The van der Waals surface area contributed by atoms with Gasteiger partial charge >= 0.3 is 0 Å². The molecule has 31 heavy (non-hydrogen) atoms. The van der Waals surface area contributed by atoms with Crippen LogP contribution in [0.25, 0.3) is 21.7 Å². The van der Waals surface area contributed by atoms with Crippen molar-refractivity contribution in [3.05, 3.63) is 99.9 Å². The quantitative estimate of drug-likeness (QED) is 0.305. The first kappa shape index (κ1) is 20.4. The molecule has 0 aliphatic rings. The lowest BCUT2D eigenvalue weighted by molar-refractivity contribution is -0.384. The SMILES string of the molecule is Cc1ccc(C(=O)Nc2nc(-c3ccc(F)cc3)c(-c3ccc([N+](=O)[O-])cc3)s2)cc1. The van der Waals surface area contributed by atoms with E-state index in [0.717, 1.165) is 5.56 Å². The van der Waals surface area contributed by atoms with E-state index in [1.54, 1.807) is 36.4 Å². The number of carbonyl (C=O) groups is 1. The summed E-state index contributed by atoms with van der Waals surface area (Å²) in [6.07, 6.45) is 0. The van der Waals surface area contributed by atoms with Crippen molar-refractivity contribution in [2.24, 2.45) is 0 Å². The summed E-state index contributed by atoms with van der Waals surface area (Å²) in [7, 11) is 0. The predicted molar refractivity (Wildman–Crippen MR) is 119 cm³/mol. The molecule has 0 radical (unpaired) electrons. The Bertz CT molecular complexity index is 1250. The Morgan fingerprint density at radius 3 is 2.19 bits per heavy atom. The molecule has 0 saturated carbocycles. The molecular weight excluding hydrogens is 417 g/mol. The minimum absolute atomic E-state index is 0.0236. The summed E-state index contributed by atoms with van der Waals surface area (Å²) in [6.45, 7) is 1.94. The predicted octanol–water partition coefficient (Wildman–Crippen LogP) is 6.09. The van der Waals surface area contributed by atoms with Gasteiger partial charge in [-0.3, -0.25) is 20.2 Å². The van der Waals surface area contributed by atoms with E-state index in [2.05, 4.69) is 10.3 Å². The van der Waals surface area contributed by atoms with Gasteiger partial charge in [-0.05, 0) is 61.0 Å². The smallest absolute Gasteiger partial charge is 0.269 e. The first-order valence-electron chi connectivity index (χ1n) is 9.30. The fraction of sp³-hybridized carbons (Fsp3) is 0.0435. The molecule has 1 heterocycles. The molecule has 4 rings (SSSR count). The number of nitrogens with one attached hydrogen (secondary N) is 1. The number of nitro groups is 1. The first-order chi connectivity index (χ1) is 14.9. The Labute approximate surface area is 181 Å². The van der Waals surface area contributed by atoms with Crippen LogP contribution in [0.15, 0.2) is 72.8 Å². The highest BCUT2D eigenvalue weighted by atomic mass is 32.1. The molecule has 0 saturated heterocycles. The zero-order valence-electron chi connectivity index (χ0n) is 16.3. The van der Waals surface area contributed by atoms with Gasteiger partial charge in [0, 0.05) is 23.3 Å². The van der Waals surface area contributed by atoms with Crippen LogP contribution in [0.3, 0.4) is 0 Å². The van der Waals surface area contributed by atoms with Gasteiger partial charge in [-0.1, -0.05) is 29.0 Å². The number of nitrogens with zero attached hydrogens (tertiary/aromatic N) is 2. The zero-order chi connectivity index (χ0) is 22.0. The van der Waals surface area contributed by atoms with Gasteiger partial charge in [0.25, 0.3) is 11.6 Å². The average molecular weight is 433 g/mol. The monoisotopic (exact) mass is 433 g/mol. The second kappa shape index (κ2) is 8.45. The van der Waals surface area contributed by atoms with E-state index in [0.29, 0.717) is 32.4 Å². The maximum absolute atomic E-state index is 13.4. The standard InChI is InChI=1S/C23H16FN3O3S/c1-14-2-4-17(5-3-14)22(28)26-23-25-20(15-6-10-18(24)11-7-15)21(31-23)16-8-12-19(13-9-16)27(29)30/h2-13H,1H3,(H,25,26,28). The largest absolute Gasteiger partial charge is 0.298 e. The van der Waals surface area contributed by atoms with Gasteiger partial charge in [0.2, 0.25) is 0 Å². The fourth-order valence-corrected chi connectivity index (χ4v) is 3.97. The highest BCUT2D eigenvalue weighted by Gasteiger charge is 2.18. The number of benzene rings is 3. The normalized spacial score (nSPS) is 10.6. The van der Waals surface area contributed by atoms with E-state index in [1.807, 2.05) is 19.1 Å². The van der Waals surface area contributed by atoms with Crippen molar-refractivity contribution in [1.29, 1.82) is 0 Å². The molecule has 8 heteroatoms. The van der Waals surface area contributed by atoms with Crippen LogP contribution < -0.4 is 5.32 Å². The van der Waals surface area contributed by atoms with Gasteiger partial charge in [0.05, 0.1) is 15.5 Å². The molecule has 0 unspecified atom stereocenters. The van der Waals surface area contributed by atoms with Crippen LogP contribution in [0.5, 0.6) is 0 Å². The summed E-state index contributed by atoms with van der Waals surface area (Å²) < 4.78 is 13.4. The average Bonchev–Trinajstić information content (AvgIpc) is 3.18. The molecule has 6 nitrogen and oxygen atoms in total. The van der Waals surface area contributed by atoms with E-state index in [4.69, 9.17) is 0 Å². The summed E-state index contributed by atoms with van der Waals surface area (Å²) in [4.78, 5) is 28.4. The second-order valence-corrected chi connectivity index (χ2v) is 7.83. The number of aryl methyl sites for hydroxylation is 1. The third kappa shape index (κ3) is 4.49. The van der Waals surface area contributed by atoms with Gasteiger partial charge in [0.15, 0.2) is 5.13 Å². The molecule has 1 aromatic heterocycles. The fourth-order valence-electron chi connectivity index (χ4n) is 2.98. The number of rotatable bonds is 5. The first-order valence-corrected chi connectivity index (χ1v) is 10.1. The lowest BCUT2D eigenvalue weighted by atomic mass is 10.1. The number of non-ortho nitro benzene ring substituents is 1. The number of halogens is 1. The van der Waals surface area contributed by atoms with Crippen molar-refractivity contribution in [1.82, 2.24) is 4.98 Å². The van der Waals surface area contributed by atoms with Crippen LogP contribution in [-0.4, -0.2) is 15.8 Å². The van der Waals surface area contributed by atoms with Gasteiger partial charge < -0.3 is 0 Å². The van der Waals surface area contributed by atoms with Gasteiger partial charge in [0.1, 0.15) is 5.82 Å². The number of hydrogen-bond acceptors (Lipinski definition) is 5. The molecule has 1 amide bonds. The van der Waals surface area contributed by atoms with Crippen molar-refractivity contribution >= 4 is 28.1 Å². The van der Waals surface area contributed by atoms with Crippen LogP contribution in [0.4, 0.5) is 15.2 Å². The summed E-state index contributed by atoms with van der Waals surface area (Å²) in [5.41, 5.74) is 3.45. The molecule has 0 aliphatic heterocycles. The number of hydrogen-bond donors (Lipinski definition) is 1. The van der Waals surface area contributed by atoms with Crippen molar-refractivity contribution in [3.8, 4) is 21.7 Å². The topological polar surface area (TPSA) is 85.1 Å². The summed E-state index contributed by atoms with van der Waals surface area (Å²) in [6, 6.07) is 19.1. The molecular formula is C23H16FN3O3S. The maximum atomic E-state index is 13.4. The molecule has 0 fully saturated rings. The Balaban J connectivity index is 1.72. The molecule has 0 aliphatic carbocycles. The third-order valence-electron chi connectivity index (χ3n) is 4.62. The van der Waals surface area contributed by atoms with Crippen molar-refractivity contribution < 1.29 is 14.1 Å². The summed E-state index contributed by atoms with van der Waals surface area (Å²) >= 11 is 1.25. The lowest BCUT2D eigenvalue weighted by Crippen LogP contribution is -2.11. The Morgan fingerprint density at radius 1 is 0.968 bits per heavy atom. The summed E-state index contributed by atoms with van der Waals surface area (Å²) in [5, 5.41) is 14.1. The van der Waals surface area contributed by atoms with Crippen molar-refractivity contribution in [3.63, 3.8) is 0 Å². The van der Waals surface area contributed by atoms with Gasteiger partial charge in [-0.2, -0.15) is 0 Å². The Morgan fingerprint density at radius 2 is 1.58 bits per heavy atom. The van der Waals surface area contributed by atoms with Gasteiger partial charge in [-0.25, -0.2) is 9.37 Å². The van der Waals surface area contributed by atoms with E-state index in [1.165, 1.54) is 35.6 Å². The number of nitro benzene ring substituents is 1. The number of amides is 1. The van der Waals surface area contributed by atoms with E-state index in [-0.39, 0.29) is 17.4 Å². The Hall–Kier alpha value is -3.91. The Kier molecular flexibility index (Phi) is 5.55. The van der Waals surface area contributed by atoms with Crippen molar-refractivity contribution in [2.45, 2.75) is 6.92 Å². The van der Waals surface area contributed by atoms with Crippen LogP contribution in [0, 0.1) is 22.9 Å². The number of carbonyl (C=O) groups excluding carboxylic acids is 1. The van der Waals surface area contributed by atoms with Crippen LogP contribution in [0.1, 0.15) is 15.9 Å². The number of anilines is 1. The van der Waals surface area contributed by atoms with E-state index >= 15 is 0 Å². The van der Waals surface area contributed by atoms with Gasteiger partial charge in [-0.15, -0.1) is 0 Å². The molecule has 4 aromatic rings. The molecule has 1 N–H and O–H groups in total. The maximum Gasteiger partial charge on any atom is 0.269 e. The summed E-state index contributed by atoms with van der Waals surface area (Å²) in [5.74, 6) is -0.668. The molecule has 0 atom stereocenters. The second-order valence-electron chi connectivity index (χ2n) is 6.83. The molecule has 0 bridgehead atoms. The highest BCUT2D eigenvalue weighted by Crippen LogP contribution is 2.39. The molecule has 3 aromatic carbocycles. The van der Waals surface area contributed by atoms with E-state index in [9.17, 15) is 19.3 Å². The number of aromatic nitrogens is 1. The third-order valence-corrected chi connectivity index (χ3v) is 5.64. The lowest BCUT2D eigenvalue weighted by Gasteiger charge is -2.03. The van der Waals surface area contributed by atoms with Crippen molar-refractivity contribution in [2.75, 3.05) is 5.32 Å². The molecule has 154 valence electrons.